The molecule has 0 spiro atoms. The van der Waals surface area contributed by atoms with Crippen LogP contribution in [0.2, 0.25) is 0 Å². The summed E-state index contributed by atoms with van der Waals surface area (Å²) >= 11 is 0. The molecule has 4 nitrogen and oxygen atoms in total. The summed E-state index contributed by atoms with van der Waals surface area (Å²) in [6.07, 6.45) is 8.98. The number of ether oxygens (including phenoxy) is 2. The monoisotopic (exact) mass is 240 g/mol. The molecule has 0 aliphatic carbocycles. The van der Waals surface area contributed by atoms with Crippen molar-refractivity contribution in [2.75, 3.05) is 0 Å². The van der Waals surface area contributed by atoms with E-state index in [1.165, 1.54) is 25.7 Å². The van der Waals surface area contributed by atoms with Crippen LogP contribution in [0.5, 0.6) is 0 Å². The Bertz CT molecular complexity index is 263. The third-order valence-electron chi connectivity index (χ3n) is 2.64. The van der Waals surface area contributed by atoms with Gasteiger partial charge in [-0.3, -0.25) is 0 Å². The highest BCUT2D eigenvalue weighted by Gasteiger charge is 2.19. The molecule has 0 aromatic rings. The zero-order chi connectivity index (χ0) is 12.5. The lowest BCUT2D eigenvalue weighted by Crippen LogP contribution is -2.20. The van der Waals surface area contributed by atoms with Crippen LogP contribution in [0.25, 0.3) is 0 Å². The predicted molar refractivity (Wildman–Crippen MR) is 63.1 cm³/mol. The van der Waals surface area contributed by atoms with Gasteiger partial charge in [-0.1, -0.05) is 39.0 Å². The number of hydrogen-bond donors (Lipinski definition) is 0. The molecular weight excluding hydrogens is 220 g/mol. The average Bonchev–Trinajstić information content (AvgIpc) is 2.45. The fourth-order valence-corrected chi connectivity index (χ4v) is 1.71. The van der Waals surface area contributed by atoms with Crippen LogP contribution in [0, 0.1) is 0 Å². The van der Waals surface area contributed by atoms with Crippen molar-refractivity contribution >= 4 is 11.9 Å². The van der Waals surface area contributed by atoms with Crippen LogP contribution >= 0.6 is 0 Å². The van der Waals surface area contributed by atoms with Gasteiger partial charge in [-0.2, -0.15) is 0 Å². The Balaban J connectivity index is 2.14. The van der Waals surface area contributed by atoms with Crippen LogP contribution in [0.15, 0.2) is 12.2 Å². The molecule has 0 saturated heterocycles. The minimum atomic E-state index is -0.712. The molecule has 4 heteroatoms. The van der Waals surface area contributed by atoms with Crippen molar-refractivity contribution in [3.8, 4) is 0 Å². The molecule has 1 rings (SSSR count). The zero-order valence-electron chi connectivity index (χ0n) is 10.3. The minimum Gasteiger partial charge on any atom is -0.422 e. The molecular formula is C13H20O4. The summed E-state index contributed by atoms with van der Waals surface area (Å²) in [6.45, 7) is 2.18. The lowest BCUT2D eigenvalue weighted by Gasteiger charge is -2.14. The van der Waals surface area contributed by atoms with Crippen LogP contribution in [-0.4, -0.2) is 18.2 Å². The van der Waals surface area contributed by atoms with Gasteiger partial charge < -0.3 is 9.47 Å². The Hall–Kier alpha value is -1.32. The van der Waals surface area contributed by atoms with E-state index in [1.807, 2.05) is 0 Å². The van der Waals surface area contributed by atoms with E-state index in [0.717, 1.165) is 25.0 Å². The Kier molecular flexibility index (Phi) is 6.37. The van der Waals surface area contributed by atoms with Gasteiger partial charge in [-0.15, -0.1) is 0 Å². The maximum absolute atomic E-state index is 11.1. The highest BCUT2D eigenvalue weighted by Crippen LogP contribution is 2.13. The van der Waals surface area contributed by atoms with Gasteiger partial charge in [0, 0.05) is 18.6 Å². The molecule has 0 radical (unpaired) electrons. The predicted octanol–water partition coefficient (Wildman–Crippen LogP) is 2.72. The molecule has 1 heterocycles. The molecule has 0 N–H and O–H groups in total. The van der Waals surface area contributed by atoms with E-state index in [2.05, 4.69) is 6.92 Å². The third kappa shape index (κ3) is 6.09. The maximum Gasteiger partial charge on any atom is 0.334 e. The normalized spacial score (nSPS) is 16.5. The number of rotatable bonds is 7. The van der Waals surface area contributed by atoms with Crippen molar-refractivity contribution in [3.05, 3.63) is 12.2 Å². The smallest absolute Gasteiger partial charge is 0.334 e. The molecule has 0 amide bonds. The van der Waals surface area contributed by atoms with E-state index in [4.69, 9.17) is 9.47 Å². The van der Waals surface area contributed by atoms with E-state index in [1.54, 1.807) is 0 Å². The summed E-state index contributed by atoms with van der Waals surface area (Å²) in [4.78, 5) is 22.1. The number of esters is 2. The summed E-state index contributed by atoms with van der Waals surface area (Å²) < 4.78 is 9.88. The molecule has 0 bridgehead atoms. The second-order valence-electron chi connectivity index (χ2n) is 4.19. The lowest BCUT2D eigenvalue weighted by atomic mass is 10.1. The molecule has 1 aliphatic heterocycles. The third-order valence-corrected chi connectivity index (χ3v) is 2.64. The number of hydrogen-bond acceptors (Lipinski definition) is 4. The average molecular weight is 240 g/mol. The van der Waals surface area contributed by atoms with Gasteiger partial charge in [0.05, 0.1) is 0 Å². The highest BCUT2D eigenvalue weighted by atomic mass is 16.7. The molecule has 0 unspecified atom stereocenters. The molecule has 96 valence electrons. The highest BCUT2D eigenvalue weighted by molar-refractivity contribution is 5.92. The summed E-state index contributed by atoms with van der Waals surface area (Å²) in [5.74, 6) is -1.02. The van der Waals surface area contributed by atoms with Crippen molar-refractivity contribution in [1.29, 1.82) is 0 Å². The van der Waals surface area contributed by atoms with Crippen LogP contribution in [0.3, 0.4) is 0 Å². The van der Waals surface area contributed by atoms with Gasteiger partial charge in [0.25, 0.3) is 0 Å². The van der Waals surface area contributed by atoms with Gasteiger partial charge in [0.15, 0.2) is 0 Å². The SMILES string of the molecule is CCCCCCCCC1OC(=O)C=CC(=O)O1. The van der Waals surface area contributed by atoms with Crippen LogP contribution in [0.4, 0.5) is 0 Å². The van der Waals surface area contributed by atoms with Gasteiger partial charge in [-0.25, -0.2) is 9.59 Å². The Morgan fingerprint density at radius 1 is 0.941 bits per heavy atom. The molecule has 0 atom stereocenters. The lowest BCUT2D eigenvalue weighted by molar-refractivity contribution is -0.179. The van der Waals surface area contributed by atoms with E-state index in [9.17, 15) is 9.59 Å². The Morgan fingerprint density at radius 2 is 1.47 bits per heavy atom. The second kappa shape index (κ2) is 7.87. The van der Waals surface area contributed by atoms with Crippen LogP contribution in [0.1, 0.15) is 51.9 Å². The summed E-state index contributed by atoms with van der Waals surface area (Å²) in [6, 6.07) is 0. The zero-order valence-corrected chi connectivity index (χ0v) is 10.3. The van der Waals surface area contributed by atoms with E-state index < -0.39 is 18.2 Å². The van der Waals surface area contributed by atoms with Crippen molar-refractivity contribution in [1.82, 2.24) is 0 Å². The molecule has 1 aliphatic rings. The Morgan fingerprint density at radius 3 is 2.06 bits per heavy atom. The summed E-state index contributed by atoms with van der Waals surface area (Å²) in [5, 5.41) is 0. The number of carbonyl (C=O) groups excluding carboxylic acids is 2. The fraction of sp³-hybridized carbons (Fsp3) is 0.692. The minimum absolute atomic E-state index is 0.508. The van der Waals surface area contributed by atoms with E-state index in [0.29, 0.717) is 6.42 Å². The van der Waals surface area contributed by atoms with Gasteiger partial charge in [0.1, 0.15) is 0 Å². The fourth-order valence-electron chi connectivity index (χ4n) is 1.71. The number of carbonyl (C=O) groups is 2. The van der Waals surface area contributed by atoms with E-state index in [-0.39, 0.29) is 0 Å². The number of cyclic esters (lactones) is 2. The second-order valence-corrected chi connectivity index (χ2v) is 4.19. The van der Waals surface area contributed by atoms with Gasteiger partial charge in [-0.05, 0) is 6.42 Å². The topological polar surface area (TPSA) is 52.6 Å². The molecule has 17 heavy (non-hydrogen) atoms. The van der Waals surface area contributed by atoms with E-state index >= 15 is 0 Å². The maximum atomic E-state index is 11.1. The van der Waals surface area contributed by atoms with Crippen molar-refractivity contribution < 1.29 is 19.1 Å². The number of unbranched alkanes of at least 4 members (excludes halogenated alkanes) is 5. The summed E-state index contributed by atoms with van der Waals surface area (Å²) in [5.41, 5.74) is 0. The molecule has 0 aromatic carbocycles. The standard InChI is InChI=1S/C13H20O4/c1-2-3-4-5-6-7-8-13-16-11(14)9-10-12(15)17-13/h9-10,13H,2-8H2,1H3. The first kappa shape index (κ1) is 13.7. The van der Waals surface area contributed by atoms with Crippen molar-refractivity contribution in [2.45, 2.75) is 58.2 Å². The summed E-state index contributed by atoms with van der Waals surface area (Å²) in [7, 11) is 0. The first-order chi connectivity index (χ1) is 8.22. The largest absolute Gasteiger partial charge is 0.422 e. The molecule has 0 saturated carbocycles. The van der Waals surface area contributed by atoms with Gasteiger partial charge in [0.2, 0.25) is 6.29 Å². The van der Waals surface area contributed by atoms with Crippen molar-refractivity contribution in [3.63, 3.8) is 0 Å². The van der Waals surface area contributed by atoms with Crippen LogP contribution in [-0.2, 0) is 19.1 Å². The van der Waals surface area contributed by atoms with Gasteiger partial charge >= 0.3 is 11.9 Å². The first-order valence-corrected chi connectivity index (χ1v) is 6.31. The molecule has 0 aromatic heterocycles. The quantitative estimate of drug-likeness (QED) is 0.507. The Labute approximate surface area is 102 Å². The first-order valence-electron chi connectivity index (χ1n) is 6.31. The van der Waals surface area contributed by atoms with Crippen LogP contribution < -0.4 is 0 Å². The molecule has 0 fully saturated rings. The van der Waals surface area contributed by atoms with Crippen molar-refractivity contribution in [2.24, 2.45) is 0 Å².